The standard InChI is InChI=1S/C24H29N7O2/c1-16(2)21-22(32)25-10-13-31(21)24-27-15-19(33-24)17-6-5-7-18(14-17)28-23-26-9-8-20(29-23)30-11-3-4-12-30/h5-9,14-16,21H,3-4,10-13H2,1-2H3,(H,25,32)(H,26,28,29). The first kappa shape index (κ1) is 21.2. The van der Waals surface area contributed by atoms with Gasteiger partial charge in [-0.2, -0.15) is 4.98 Å². The summed E-state index contributed by atoms with van der Waals surface area (Å²) in [5.74, 6) is 2.32. The van der Waals surface area contributed by atoms with Gasteiger partial charge in [-0.1, -0.05) is 26.0 Å². The summed E-state index contributed by atoms with van der Waals surface area (Å²) in [6.07, 6.45) is 5.90. The van der Waals surface area contributed by atoms with Gasteiger partial charge in [-0.25, -0.2) is 9.97 Å². The molecule has 1 amide bonds. The van der Waals surface area contributed by atoms with Crippen molar-refractivity contribution in [3.63, 3.8) is 0 Å². The van der Waals surface area contributed by atoms with Crippen LogP contribution in [-0.2, 0) is 4.79 Å². The fourth-order valence-corrected chi connectivity index (χ4v) is 4.50. The summed E-state index contributed by atoms with van der Waals surface area (Å²) < 4.78 is 6.10. The van der Waals surface area contributed by atoms with Crippen molar-refractivity contribution >= 4 is 29.4 Å². The van der Waals surface area contributed by atoms with Crippen LogP contribution in [0.1, 0.15) is 26.7 Å². The molecule has 5 rings (SSSR count). The number of anilines is 4. The van der Waals surface area contributed by atoms with E-state index in [-0.39, 0.29) is 17.9 Å². The highest BCUT2D eigenvalue weighted by Gasteiger charge is 2.34. The first-order chi connectivity index (χ1) is 16.1. The van der Waals surface area contributed by atoms with E-state index < -0.39 is 0 Å². The summed E-state index contributed by atoms with van der Waals surface area (Å²) in [6, 6.07) is 10.0. The Bertz CT molecular complexity index is 1120. The molecule has 0 spiro atoms. The number of nitrogens with one attached hydrogen (secondary N) is 2. The van der Waals surface area contributed by atoms with E-state index in [9.17, 15) is 4.79 Å². The molecule has 9 nitrogen and oxygen atoms in total. The molecule has 2 aliphatic heterocycles. The number of hydrogen-bond acceptors (Lipinski definition) is 8. The smallest absolute Gasteiger partial charge is 0.298 e. The van der Waals surface area contributed by atoms with Gasteiger partial charge >= 0.3 is 0 Å². The van der Waals surface area contributed by atoms with Gasteiger partial charge in [0.15, 0.2) is 5.76 Å². The maximum absolute atomic E-state index is 12.4. The summed E-state index contributed by atoms with van der Waals surface area (Å²) >= 11 is 0. The maximum atomic E-state index is 12.4. The van der Waals surface area contributed by atoms with Crippen LogP contribution in [0.5, 0.6) is 0 Å². The van der Waals surface area contributed by atoms with E-state index in [1.807, 2.05) is 49.1 Å². The Balaban J connectivity index is 1.34. The minimum atomic E-state index is -0.293. The molecule has 2 saturated heterocycles. The molecule has 2 aromatic heterocycles. The number of hydrogen-bond donors (Lipinski definition) is 2. The number of aromatic nitrogens is 3. The third-order valence-corrected chi connectivity index (χ3v) is 6.10. The number of rotatable bonds is 6. The second kappa shape index (κ2) is 9.09. The highest BCUT2D eigenvalue weighted by Crippen LogP contribution is 2.30. The Morgan fingerprint density at radius 2 is 2.00 bits per heavy atom. The van der Waals surface area contributed by atoms with Crippen molar-refractivity contribution in [3.8, 4) is 11.3 Å². The number of amides is 1. The minimum Gasteiger partial charge on any atom is -0.423 e. The van der Waals surface area contributed by atoms with Crippen molar-refractivity contribution in [2.24, 2.45) is 5.92 Å². The van der Waals surface area contributed by atoms with E-state index in [0.29, 0.717) is 30.8 Å². The molecule has 0 saturated carbocycles. The van der Waals surface area contributed by atoms with Crippen LogP contribution < -0.4 is 20.4 Å². The molecule has 0 aliphatic carbocycles. The van der Waals surface area contributed by atoms with E-state index in [1.165, 1.54) is 12.8 Å². The molecule has 9 heteroatoms. The number of carbonyl (C=O) groups excluding carboxylic acids is 1. The van der Waals surface area contributed by atoms with Crippen molar-refractivity contribution in [3.05, 3.63) is 42.7 Å². The molecule has 3 aromatic rings. The van der Waals surface area contributed by atoms with Crippen LogP contribution in [0.2, 0.25) is 0 Å². The number of oxazole rings is 1. The predicted molar refractivity (Wildman–Crippen MR) is 128 cm³/mol. The van der Waals surface area contributed by atoms with Crippen molar-refractivity contribution in [1.82, 2.24) is 20.3 Å². The van der Waals surface area contributed by atoms with Crippen molar-refractivity contribution < 1.29 is 9.21 Å². The molecular formula is C24H29N7O2. The van der Waals surface area contributed by atoms with Crippen LogP contribution in [0.25, 0.3) is 11.3 Å². The lowest BCUT2D eigenvalue weighted by Gasteiger charge is -2.36. The van der Waals surface area contributed by atoms with Gasteiger partial charge in [0, 0.05) is 43.6 Å². The predicted octanol–water partition coefficient (Wildman–Crippen LogP) is 3.44. The molecule has 172 valence electrons. The van der Waals surface area contributed by atoms with Crippen LogP contribution in [-0.4, -0.2) is 53.1 Å². The van der Waals surface area contributed by atoms with E-state index >= 15 is 0 Å². The van der Waals surface area contributed by atoms with Gasteiger partial charge in [0.2, 0.25) is 11.9 Å². The van der Waals surface area contributed by atoms with Crippen molar-refractivity contribution in [2.75, 3.05) is 41.3 Å². The van der Waals surface area contributed by atoms with Crippen LogP contribution in [0, 0.1) is 5.92 Å². The van der Waals surface area contributed by atoms with Crippen LogP contribution in [0.4, 0.5) is 23.5 Å². The third kappa shape index (κ3) is 4.48. The summed E-state index contributed by atoms with van der Waals surface area (Å²) in [5.41, 5.74) is 1.75. The second-order valence-corrected chi connectivity index (χ2v) is 8.82. The zero-order valence-electron chi connectivity index (χ0n) is 19.0. The van der Waals surface area contributed by atoms with E-state index in [4.69, 9.17) is 4.42 Å². The molecule has 1 aromatic carbocycles. The topological polar surface area (TPSA) is 99.4 Å². The molecule has 0 radical (unpaired) electrons. The first-order valence-electron chi connectivity index (χ1n) is 11.5. The fraction of sp³-hybridized carbons (Fsp3) is 0.417. The van der Waals surface area contributed by atoms with Gasteiger partial charge in [-0.15, -0.1) is 0 Å². The van der Waals surface area contributed by atoms with Gasteiger partial charge < -0.3 is 24.9 Å². The second-order valence-electron chi connectivity index (χ2n) is 8.82. The summed E-state index contributed by atoms with van der Waals surface area (Å²) in [6.45, 7) is 7.38. The molecule has 1 unspecified atom stereocenters. The maximum Gasteiger partial charge on any atom is 0.298 e. The Labute approximate surface area is 193 Å². The molecule has 2 aliphatic rings. The zero-order chi connectivity index (χ0) is 22.8. The Hall–Kier alpha value is -3.62. The third-order valence-electron chi connectivity index (χ3n) is 6.10. The first-order valence-corrected chi connectivity index (χ1v) is 11.5. The lowest BCUT2D eigenvalue weighted by Crippen LogP contribution is -2.57. The molecule has 4 heterocycles. The normalized spacial score (nSPS) is 18.6. The van der Waals surface area contributed by atoms with E-state index in [2.05, 4.69) is 30.5 Å². The average molecular weight is 448 g/mol. The fourth-order valence-electron chi connectivity index (χ4n) is 4.50. The Kier molecular flexibility index (Phi) is 5.85. The summed E-state index contributed by atoms with van der Waals surface area (Å²) in [5, 5.41) is 6.23. The largest absolute Gasteiger partial charge is 0.423 e. The zero-order valence-corrected chi connectivity index (χ0v) is 19.0. The molecular weight excluding hydrogens is 418 g/mol. The monoisotopic (exact) mass is 447 g/mol. The number of piperazine rings is 1. The SMILES string of the molecule is CC(C)C1C(=O)NCCN1c1ncc(-c2cccc(Nc3nccc(N4CCCC4)n3)c2)o1. The van der Waals surface area contributed by atoms with Crippen molar-refractivity contribution in [2.45, 2.75) is 32.7 Å². The van der Waals surface area contributed by atoms with Gasteiger partial charge in [0.05, 0.1) is 6.20 Å². The van der Waals surface area contributed by atoms with E-state index in [0.717, 1.165) is 30.2 Å². The van der Waals surface area contributed by atoms with Crippen LogP contribution >= 0.6 is 0 Å². The summed E-state index contributed by atoms with van der Waals surface area (Å²) in [4.78, 5) is 30.1. The highest BCUT2D eigenvalue weighted by atomic mass is 16.4. The van der Waals surface area contributed by atoms with Gasteiger partial charge in [0.1, 0.15) is 11.9 Å². The molecule has 33 heavy (non-hydrogen) atoms. The average Bonchev–Trinajstić information content (AvgIpc) is 3.52. The highest BCUT2D eigenvalue weighted by molar-refractivity contribution is 5.86. The van der Waals surface area contributed by atoms with Crippen LogP contribution in [0.3, 0.4) is 0 Å². The Morgan fingerprint density at radius 3 is 2.82 bits per heavy atom. The van der Waals surface area contributed by atoms with E-state index in [1.54, 1.807) is 12.4 Å². The van der Waals surface area contributed by atoms with Gasteiger partial charge in [-0.3, -0.25) is 4.79 Å². The molecule has 2 fully saturated rings. The number of nitrogens with zero attached hydrogens (tertiary/aromatic N) is 5. The summed E-state index contributed by atoms with van der Waals surface area (Å²) in [7, 11) is 0. The molecule has 1 atom stereocenters. The van der Waals surface area contributed by atoms with Crippen molar-refractivity contribution in [1.29, 1.82) is 0 Å². The number of carbonyl (C=O) groups is 1. The van der Waals surface area contributed by atoms with Gasteiger partial charge in [0.25, 0.3) is 6.01 Å². The Morgan fingerprint density at radius 1 is 1.15 bits per heavy atom. The number of benzene rings is 1. The molecule has 0 bridgehead atoms. The molecule has 2 N–H and O–H groups in total. The quantitative estimate of drug-likeness (QED) is 0.593. The lowest BCUT2D eigenvalue weighted by molar-refractivity contribution is -0.124. The van der Waals surface area contributed by atoms with Gasteiger partial charge in [-0.05, 0) is 37.0 Å². The minimum absolute atomic E-state index is 0.0124. The lowest BCUT2D eigenvalue weighted by atomic mass is 10.0. The van der Waals surface area contributed by atoms with Crippen LogP contribution in [0.15, 0.2) is 47.1 Å².